The SMILES string of the molecule is CC(=O)c1c(C)nn([C@@H](C)CC(=O)N2CCN(c3ncn[nH]3)CC2)c1C. The molecule has 1 saturated heterocycles. The van der Waals surface area contributed by atoms with Gasteiger partial charge >= 0.3 is 0 Å². The molecule has 9 nitrogen and oxygen atoms in total. The van der Waals surface area contributed by atoms with Crippen LogP contribution in [0.25, 0.3) is 0 Å². The van der Waals surface area contributed by atoms with Gasteiger partial charge in [-0.2, -0.15) is 15.2 Å². The first-order valence-electron chi connectivity index (χ1n) is 8.83. The number of anilines is 1. The van der Waals surface area contributed by atoms with E-state index in [-0.39, 0.29) is 17.7 Å². The number of carbonyl (C=O) groups is 2. The van der Waals surface area contributed by atoms with E-state index in [1.54, 1.807) is 11.6 Å². The molecule has 1 fully saturated rings. The highest BCUT2D eigenvalue weighted by Gasteiger charge is 2.25. The fourth-order valence-corrected chi connectivity index (χ4v) is 3.59. The standard InChI is InChI=1S/C17H25N7O2/c1-11(24-13(3)16(14(4)25)12(2)21-24)9-15(26)22-5-7-23(8-6-22)17-18-10-19-20-17/h10-11H,5-9H2,1-4H3,(H,18,19,20)/t11-/m0/s1. The van der Waals surface area contributed by atoms with Crippen molar-refractivity contribution in [2.45, 2.75) is 40.2 Å². The summed E-state index contributed by atoms with van der Waals surface area (Å²) in [5.74, 6) is 0.852. The van der Waals surface area contributed by atoms with Crippen molar-refractivity contribution in [2.75, 3.05) is 31.1 Å². The molecule has 0 radical (unpaired) electrons. The first-order chi connectivity index (χ1) is 12.4. The van der Waals surface area contributed by atoms with Crippen LogP contribution in [-0.2, 0) is 4.79 Å². The Morgan fingerprint density at radius 2 is 1.92 bits per heavy atom. The van der Waals surface area contributed by atoms with Gasteiger partial charge in [0, 0.05) is 38.3 Å². The Hall–Kier alpha value is -2.71. The third kappa shape index (κ3) is 3.47. The number of H-pyrrole nitrogens is 1. The lowest BCUT2D eigenvalue weighted by molar-refractivity contribution is -0.132. The van der Waals surface area contributed by atoms with Crippen LogP contribution < -0.4 is 4.90 Å². The number of nitrogens with zero attached hydrogens (tertiary/aromatic N) is 6. The summed E-state index contributed by atoms with van der Waals surface area (Å²) in [7, 11) is 0. The van der Waals surface area contributed by atoms with E-state index < -0.39 is 0 Å². The van der Waals surface area contributed by atoms with Crippen molar-refractivity contribution in [2.24, 2.45) is 0 Å². The van der Waals surface area contributed by atoms with Gasteiger partial charge in [-0.25, -0.2) is 5.10 Å². The first kappa shape index (κ1) is 18.1. The van der Waals surface area contributed by atoms with Crippen molar-refractivity contribution in [3.05, 3.63) is 23.3 Å². The molecule has 140 valence electrons. The number of rotatable bonds is 5. The van der Waals surface area contributed by atoms with Gasteiger partial charge in [0.15, 0.2) is 5.78 Å². The van der Waals surface area contributed by atoms with Crippen LogP contribution in [0.5, 0.6) is 0 Å². The molecule has 1 aliphatic rings. The summed E-state index contributed by atoms with van der Waals surface area (Å²) in [6.07, 6.45) is 1.85. The maximum atomic E-state index is 12.7. The minimum absolute atomic E-state index is 0.00770. The Balaban J connectivity index is 1.60. The highest BCUT2D eigenvalue weighted by molar-refractivity contribution is 5.96. The maximum Gasteiger partial charge on any atom is 0.224 e. The Morgan fingerprint density at radius 1 is 1.23 bits per heavy atom. The number of amides is 1. The molecule has 1 aliphatic heterocycles. The van der Waals surface area contributed by atoms with E-state index in [0.29, 0.717) is 25.1 Å². The lowest BCUT2D eigenvalue weighted by Crippen LogP contribution is -2.49. The highest BCUT2D eigenvalue weighted by atomic mass is 16.2. The van der Waals surface area contributed by atoms with Gasteiger partial charge in [0.05, 0.1) is 17.3 Å². The Labute approximate surface area is 152 Å². The number of Topliss-reactive ketones (excluding diaryl/α,β-unsaturated/α-hetero) is 1. The number of aromatic nitrogens is 5. The van der Waals surface area contributed by atoms with E-state index in [0.717, 1.165) is 30.4 Å². The van der Waals surface area contributed by atoms with Crippen molar-refractivity contribution in [3.63, 3.8) is 0 Å². The zero-order valence-electron chi connectivity index (χ0n) is 15.7. The molecule has 0 unspecified atom stereocenters. The topological polar surface area (TPSA) is 100 Å². The van der Waals surface area contributed by atoms with Gasteiger partial charge in [0.25, 0.3) is 0 Å². The monoisotopic (exact) mass is 359 g/mol. The minimum atomic E-state index is -0.0957. The zero-order chi connectivity index (χ0) is 18.8. The summed E-state index contributed by atoms with van der Waals surface area (Å²) in [4.78, 5) is 32.6. The number of hydrogen-bond donors (Lipinski definition) is 1. The summed E-state index contributed by atoms with van der Waals surface area (Å²) in [6.45, 7) is 9.99. The largest absolute Gasteiger partial charge is 0.339 e. The summed E-state index contributed by atoms with van der Waals surface area (Å²) in [5.41, 5.74) is 2.20. The molecule has 3 heterocycles. The lowest BCUT2D eigenvalue weighted by Gasteiger charge is -2.34. The predicted octanol–water partition coefficient (Wildman–Crippen LogP) is 1.12. The first-order valence-corrected chi connectivity index (χ1v) is 8.83. The van der Waals surface area contributed by atoms with Gasteiger partial charge < -0.3 is 9.80 Å². The average Bonchev–Trinajstić information content (AvgIpc) is 3.23. The van der Waals surface area contributed by atoms with Crippen LogP contribution in [0.1, 0.15) is 48.1 Å². The summed E-state index contributed by atoms with van der Waals surface area (Å²) in [6, 6.07) is -0.0957. The van der Waals surface area contributed by atoms with Gasteiger partial charge in [0.2, 0.25) is 11.9 Å². The van der Waals surface area contributed by atoms with Gasteiger partial charge in [0.1, 0.15) is 6.33 Å². The Kier molecular flexibility index (Phi) is 5.06. The smallest absolute Gasteiger partial charge is 0.224 e. The number of carbonyl (C=O) groups excluding carboxylic acids is 2. The van der Waals surface area contributed by atoms with E-state index >= 15 is 0 Å². The second-order valence-electron chi connectivity index (χ2n) is 6.78. The molecule has 0 saturated carbocycles. The summed E-state index contributed by atoms with van der Waals surface area (Å²) in [5, 5.41) is 11.2. The number of aryl methyl sites for hydroxylation is 1. The van der Waals surface area contributed by atoms with Gasteiger partial charge in [-0.1, -0.05) is 0 Å². The molecule has 0 aliphatic carbocycles. The average molecular weight is 359 g/mol. The van der Waals surface area contributed by atoms with Gasteiger partial charge in [-0.05, 0) is 27.7 Å². The van der Waals surface area contributed by atoms with Crippen LogP contribution in [0.2, 0.25) is 0 Å². The van der Waals surface area contributed by atoms with E-state index in [4.69, 9.17) is 0 Å². The Bertz CT molecular complexity index is 788. The van der Waals surface area contributed by atoms with Crippen molar-refractivity contribution in [1.82, 2.24) is 29.9 Å². The van der Waals surface area contributed by atoms with Crippen LogP contribution >= 0.6 is 0 Å². The third-order valence-corrected chi connectivity index (χ3v) is 4.90. The number of hydrogen-bond acceptors (Lipinski definition) is 6. The fraction of sp³-hybridized carbons (Fsp3) is 0.588. The fourth-order valence-electron chi connectivity index (χ4n) is 3.59. The second kappa shape index (κ2) is 7.27. The minimum Gasteiger partial charge on any atom is -0.339 e. The molecule has 2 aromatic rings. The molecule has 9 heteroatoms. The van der Waals surface area contributed by atoms with E-state index in [2.05, 4.69) is 25.2 Å². The lowest BCUT2D eigenvalue weighted by atomic mass is 10.1. The van der Waals surface area contributed by atoms with Gasteiger partial charge in [-0.15, -0.1) is 0 Å². The van der Waals surface area contributed by atoms with Crippen molar-refractivity contribution in [1.29, 1.82) is 0 Å². The maximum absolute atomic E-state index is 12.7. The molecule has 1 atom stereocenters. The predicted molar refractivity (Wildman–Crippen MR) is 96.2 cm³/mol. The highest BCUT2D eigenvalue weighted by Crippen LogP contribution is 2.21. The van der Waals surface area contributed by atoms with E-state index in [9.17, 15) is 9.59 Å². The summed E-state index contributed by atoms with van der Waals surface area (Å²) < 4.78 is 1.80. The molecule has 1 N–H and O–H groups in total. The zero-order valence-corrected chi connectivity index (χ0v) is 15.7. The summed E-state index contributed by atoms with van der Waals surface area (Å²) >= 11 is 0. The number of nitrogens with one attached hydrogen (secondary N) is 1. The normalized spacial score (nSPS) is 16.0. The molecule has 0 aromatic carbocycles. The molecule has 0 spiro atoms. The van der Waals surface area contributed by atoms with E-state index in [1.807, 2.05) is 25.7 Å². The quantitative estimate of drug-likeness (QED) is 0.803. The second-order valence-corrected chi connectivity index (χ2v) is 6.78. The Morgan fingerprint density at radius 3 is 2.46 bits per heavy atom. The molecular weight excluding hydrogens is 334 g/mol. The number of aromatic amines is 1. The molecule has 1 amide bonds. The molecule has 0 bridgehead atoms. The van der Waals surface area contributed by atoms with E-state index in [1.165, 1.54) is 6.33 Å². The number of ketones is 1. The molecule has 2 aromatic heterocycles. The molecule has 3 rings (SSSR count). The van der Waals surface area contributed by atoms with Crippen molar-refractivity contribution in [3.8, 4) is 0 Å². The van der Waals surface area contributed by atoms with Crippen LogP contribution in [0, 0.1) is 13.8 Å². The van der Waals surface area contributed by atoms with Crippen molar-refractivity contribution >= 4 is 17.6 Å². The van der Waals surface area contributed by atoms with Crippen LogP contribution in [0.15, 0.2) is 6.33 Å². The van der Waals surface area contributed by atoms with Crippen LogP contribution in [-0.4, -0.2) is 67.7 Å². The molecular formula is C17H25N7O2. The van der Waals surface area contributed by atoms with Crippen LogP contribution in [0.3, 0.4) is 0 Å². The molecule has 26 heavy (non-hydrogen) atoms. The van der Waals surface area contributed by atoms with Crippen LogP contribution in [0.4, 0.5) is 5.95 Å². The van der Waals surface area contributed by atoms with Crippen molar-refractivity contribution < 1.29 is 9.59 Å². The van der Waals surface area contributed by atoms with Gasteiger partial charge in [-0.3, -0.25) is 14.3 Å². The third-order valence-electron chi connectivity index (χ3n) is 4.90. The number of piperazine rings is 1.